The van der Waals surface area contributed by atoms with Crippen LogP contribution in [0, 0.1) is 0 Å². The second kappa shape index (κ2) is 9.45. The van der Waals surface area contributed by atoms with E-state index in [-0.39, 0.29) is 0 Å². The van der Waals surface area contributed by atoms with Crippen LogP contribution in [0.3, 0.4) is 0 Å². The van der Waals surface area contributed by atoms with Crippen molar-refractivity contribution in [2.24, 2.45) is 0 Å². The van der Waals surface area contributed by atoms with Crippen molar-refractivity contribution >= 4 is 27.3 Å². The van der Waals surface area contributed by atoms with E-state index in [9.17, 15) is 13.2 Å². The van der Waals surface area contributed by atoms with Crippen molar-refractivity contribution in [1.82, 2.24) is 0 Å². The number of sulfonamides is 1. The lowest BCUT2D eigenvalue weighted by Gasteiger charge is -2.30. The molecule has 152 valence electrons. The summed E-state index contributed by atoms with van der Waals surface area (Å²) in [4.78, 5) is 12.9. The number of nitrogens with zero attached hydrogens (tertiary/aromatic N) is 1. The predicted molar refractivity (Wildman–Crippen MR) is 111 cm³/mol. The van der Waals surface area contributed by atoms with Crippen LogP contribution in [0.15, 0.2) is 48.5 Å². The Kier molecular flexibility index (Phi) is 7.28. The second-order valence-electron chi connectivity index (χ2n) is 6.13. The van der Waals surface area contributed by atoms with E-state index in [1.165, 1.54) is 7.11 Å². The Labute approximate surface area is 166 Å². The minimum atomic E-state index is -3.72. The smallest absolute Gasteiger partial charge is 0.248 e. The van der Waals surface area contributed by atoms with Gasteiger partial charge < -0.3 is 14.8 Å². The number of methoxy groups -OCH3 is 1. The Morgan fingerprint density at radius 2 is 1.79 bits per heavy atom. The van der Waals surface area contributed by atoms with E-state index in [0.29, 0.717) is 35.9 Å². The van der Waals surface area contributed by atoms with E-state index in [1.54, 1.807) is 55.5 Å². The largest absolute Gasteiger partial charge is 0.497 e. The molecule has 0 saturated carbocycles. The summed E-state index contributed by atoms with van der Waals surface area (Å²) < 4.78 is 36.8. The topological polar surface area (TPSA) is 84.9 Å². The first-order valence-electron chi connectivity index (χ1n) is 8.97. The maximum atomic E-state index is 12.9. The molecule has 1 atom stereocenters. The van der Waals surface area contributed by atoms with Gasteiger partial charge in [-0.1, -0.05) is 19.1 Å². The number of anilines is 2. The zero-order valence-corrected chi connectivity index (χ0v) is 17.3. The maximum absolute atomic E-state index is 12.9. The molecule has 7 nitrogen and oxygen atoms in total. The van der Waals surface area contributed by atoms with E-state index >= 15 is 0 Å². The average Bonchev–Trinajstić information content (AvgIpc) is 2.65. The molecule has 0 aliphatic rings. The summed E-state index contributed by atoms with van der Waals surface area (Å²) in [6.07, 6.45) is 1.37. The molecule has 0 heterocycles. The summed E-state index contributed by atoms with van der Waals surface area (Å²) in [5.74, 6) is 0.705. The molecule has 0 aliphatic heterocycles. The molecule has 8 heteroatoms. The van der Waals surface area contributed by atoms with Gasteiger partial charge in [0, 0.05) is 17.8 Å². The number of amides is 1. The third-order valence-corrected chi connectivity index (χ3v) is 5.23. The Bertz CT molecular complexity index is 914. The lowest BCUT2D eigenvalue weighted by Crippen LogP contribution is -2.47. The van der Waals surface area contributed by atoms with Crippen molar-refractivity contribution in [3.8, 4) is 11.5 Å². The molecule has 28 heavy (non-hydrogen) atoms. The fourth-order valence-electron chi connectivity index (χ4n) is 2.86. The van der Waals surface area contributed by atoms with Crippen molar-refractivity contribution < 1.29 is 22.7 Å². The van der Waals surface area contributed by atoms with E-state index < -0.39 is 22.0 Å². The van der Waals surface area contributed by atoms with Gasteiger partial charge in [-0.05, 0) is 37.6 Å². The molecule has 0 bridgehead atoms. The molecule has 0 aromatic heterocycles. The van der Waals surface area contributed by atoms with E-state index in [2.05, 4.69) is 5.32 Å². The van der Waals surface area contributed by atoms with Crippen molar-refractivity contribution in [1.29, 1.82) is 0 Å². The average molecular weight is 407 g/mol. The van der Waals surface area contributed by atoms with Gasteiger partial charge in [0.15, 0.2) is 0 Å². The van der Waals surface area contributed by atoms with Crippen molar-refractivity contribution in [3.05, 3.63) is 48.5 Å². The third kappa shape index (κ3) is 5.39. The minimum Gasteiger partial charge on any atom is -0.497 e. The van der Waals surface area contributed by atoms with E-state index in [1.807, 2.05) is 6.92 Å². The van der Waals surface area contributed by atoms with Crippen LogP contribution in [0.1, 0.15) is 20.3 Å². The first kappa shape index (κ1) is 21.6. The fraction of sp³-hybridized carbons (Fsp3) is 0.350. The van der Waals surface area contributed by atoms with Crippen LogP contribution < -0.4 is 19.1 Å². The van der Waals surface area contributed by atoms with Crippen molar-refractivity contribution in [3.63, 3.8) is 0 Å². The maximum Gasteiger partial charge on any atom is 0.248 e. The van der Waals surface area contributed by atoms with Crippen LogP contribution in [-0.2, 0) is 14.8 Å². The molecule has 0 saturated heterocycles. The van der Waals surface area contributed by atoms with Crippen LogP contribution in [-0.4, -0.2) is 40.3 Å². The van der Waals surface area contributed by atoms with E-state index in [4.69, 9.17) is 9.47 Å². The standard InChI is InChI=1S/C20H26N2O5S/c1-5-19(20(23)21-15-9-7-12-18(13-15)27-6-2)22(28(4,24)25)16-10-8-11-17(14-16)26-3/h7-14,19H,5-6H2,1-4H3,(H,21,23)/t19-/m1/s1. The van der Waals surface area contributed by atoms with Gasteiger partial charge in [-0.2, -0.15) is 0 Å². The van der Waals surface area contributed by atoms with Crippen LogP contribution in [0.4, 0.5) is 11.4 Å². The Morgan fingerprint density at radius 3 is 2.39 bits per heavy atom. The number of carbonyl (C=O) groups excluding carboxylic acids is 1. The molecule has 1 amide bonds. The van der Waals surface area contributed by atoms with Gasteiger partial charge in [-0.15, -0.1) is 0 Å². The quantitative estimate of drug-likeness (QED) is 0.691. The summed E-state index contributed by atoms with van der Waals surface area (Å²) in [5.41, 5.74) is 0.903. The fourth-order valence-corrected chi connectivity index (χ4v) is 4.07. The molecule has 0 spiro atoms. The summed E-state index contributed by atoms with van der Waals surface area (Å²) in [6.45, 7) is 4.14. The molecule has 1 N–H and O–H groups in total. The number of hydrogen-bond acceptors (Lipinski definition) is 5. The first-order chi connectivity index (χ1) is 13.3. The summed E-state index contributed by atoms with van der Waals surface area (Å²) in [6, 6.07) is 12.7. The lowest BCUT2D eigenvalue weighted by molar-refractivity contribution is -0.117. The van der Waals surface area contributed by atoms with Crippen LogP contribution in [0.25, 0.3) is 0 Å². The van der Waals surface area contributed by atoms with Gasteiger partial charge >= 0.3 is 0 Å². The van der Waals surface area contributed by atoms with Crippen molar-refractivity contribution in [2.45, 2.75) is 26.3 Å². The van der Waals surface area contributed by atoms with Gasteiger partial charge in [0.1, 0.15) is 17.5 Å². The highest BCUT2D eigenvalue weighted by Crippen LogP contribution is 2.27. The number of carbonyl (C=O) groups is 1. The predicted octanol–water partition coefficient (Wildman–Crippen LogP) is 3.28. The Hall–Kier alpha value is -2.74. The highest BCUT2D eigenvalue weighted by Gasteiger charge is 2.31. The van der Waals surface area contributed by atoms with Gasteiger partial charge in [-0.25, -0.2) is 8.42 Å². The lowest BCUT2D eigenvalue weighted by atomic mass is 10.1. The van der Waals surface area contributed by atoms with Gasteiger partial charge in [0.2, 0.25) is 15.9 Å². The van der Waals surface area contributed by atoms with Crippen molar-refractivity contribution in [2.75, 3.05) is 29.6 Å². The summed E-state index contributed by atoms with van der Waals surface area (Å²) in [7, 11) is -2.22. The minimum absolute atomic E-state index is 0.293. The van der Waals surface area contributed by atoms with Gasteiger partial charge in [0.05, 0.1) is 25.7 Å². The third-order valence-electron chi connectivity index (χ3n) is 4.05. The molecule has 2 aromatic rings. The summed E-state index contributed by atoms with van der Waals surface area (Å²) in [5, 5.41) is 2.79. The van der Waals surface area contributed by atoms with E-state index in [0.717, 1.165) is 10.6 Å². The number of benzene rings is 2. The molecule has 2 rings (SSSR count). The Balaban J connectivity index is 2.35. The zero-order chi connectivity index (χ0) is 20.7. The molecule has 0 unspecified atom stereocenters. The molecule has 0 fully saturated rings. The summed E-state index contributed by atoms with van der Waals surface area (Å²) >= 11 is 0. The second-order valence-corrected chi connectivity index (χ2v) is 7.99. The molecular weight excluding hydrogens is 380 g/mol. The Morgan fingerprint density at radius 1 is 1.11 bits per heavy atom. The molecule has 0 radical (unpaired) electrons. The molecular formula is C20H26N2O5S. The molecule has 2 aromatic carbocycles. The SMILES string of the molecule is CCOc1cccc(NC(=O)[C@@H](CC)N(c2cccc(OC)c2)S(C)(=O)=O)c1. The van der Waals surface area contributed by atoms with Gasteiger partial charge in [-0.3, -0.25) is 9.10 Å². The highest BCUT2D eigenvalue weighted by atomic mass is 32.2. The van der Waals surface area contributed by atoms with Gasteiger partial charge in [0.25, 0.3) is 0 Å². The number of ether oxygens (including phenoxy) is 2. The number of nitrogens with one attached hydrogen (secondary N) is 1. The first-order valence-corrected chi connectivity index (χ1v) is 10.8. The normalized spacial score (nSPS) is 12.1. The van der Waals surface area contributed by atoms with Crippen LogP contribution in [0.5, 0.6) is 11.5 Å². The zero-order valence-electron chi connectivity index (χ0n) is 16.5. The highest BCUT2D eigenvalue weighted by molar-refractivity contribution is 7.92. The molecule has 0 aliphatic carbocycles. The monoisotopic (exact) mass is 406 g/mol. The van der Waals surface area contributed by atoms with Crippen LogP contribution in [0.2, 0.25) is 0 Å². The number of rotatable bonds is 9. The van der Waals surface area contributed by atoms with Crippen LogP contribution >= 0.6 is 0 Å². The number of hydrogen-bond donors (Lipinski definition) is 1.